The van der Waals surface area contributed by atoms with Gasteiger partial charge in [-0.25, -0.2) is 4.57 Å². The largest absolute Gasteiger partial charge is 0.472 e. The lowest BCUT2D eigenvalue weighted by atomic mass is 9.85. The maximum Gasteiger partial charge on any atom is 0.472 e. The third-order valence-corrected chi connectivity index (χ3v) is 10.8. The molecule has 62 heavy (non-hydrogen) atoms. The van der Waals surface area contributed by atoms with E-state index in [2.05, 4.69) is 50.3 Å². The van der Waals surface area contributed by atoms with Gasteiger partial charge in [0.1, 0.15) is 43.2 Å². The zero-order valence-corrected chi connectivity index (χ0v) is 37.9. The van der Waals surface area contributed by atoms with Crippen LogP contribution in [0.25, 0.3) is 0 Å². The topological polar surface area (TPSA) is 230 Å². The fourth-order valence-electron chi connectivity index (χ4n) is 6.14. The number of hydrogen-bond acceptors (Lipinski definition) is 13. The molecular formula is C47H77O14P. The molecule has 0 bridgehead atoms. The summed E-state index contributed by atoms with van der Waals surface area (Å²) in [5, 5.41) is 60.1. The van der Waals surface area contributed by atoms with Crippen molar-refractivity contribution in [1.82, 2.24) is 0 Å². The van der Waals surface area contributed by atoms with Crippen LogP contribution in [0.4, 0.5) is 0 Å². The average Bonchev–Trinajstić information content (AvgIpc) is 3.25. The Bertz CT molecular complexity index is 1420. The number of phosphoric ester groups is 1. The van der Waals surface area contributed by atoms with E-state index < -0.39 is 81.8 Å². The maximum atomic E-state index is 12.8. The first-order valence-electron chi connectivity index (χ1n) is 22.5. The zero-order valence-electron chi connectivity index (χ0n) is 37.0. The van der Waals surface area contributed by atoms with Gasteiger partial charge in [-0.3, -0.25) is 18.6 Å². The van der Waals surface area contributed by atoms with Gasteiger partial charge in [0.05, 0.1) is 12.7 Å². The monoisotopic (exact) mass is 897 g/mol. The normalized spacial score (nSPS) is 23.2. The highest BCUT2D eigenvalue weighted by molar-refractivity contribution is 7.47. The van der Waals surface area contributed by atoms with Crippen LogP contribution in [-0.2, 0) is 32.7 Å². The molecule has 0 aliphatic heterocycles. The van der Waals surface area contributed by atoms with E-state index in [-0.39, 0.29) is 12.8 Å². The summed E-state index contributed by atoms with van der Waals surface area (Å²) in [4.78, 5) is 35.6. The predicted octanol–water partition coefficient (Wildman–Crippen LogP) is 7.47. The van der Waals surface area contributed by atoms with Gasteiger partial charge < -0.3 is 45.0 Å². The van der Waals surface area contributed by atoms with E-state index in [0.717, 1.165) is 57.8 Å². The van der Waals surface area contributed by atoms with Gasteiger partial charge in [-0.2, -0.15) is 0 Å². The number of carbonyl (C=O) groups excluding carboxylic acids is 2. The molecule has 0 aromatic rings. The van der Waals surface area contributed by atoms with Crippen LogP contribution in [0.15, 0.2) is 85.1 Å². The van der Waals surface area contributed by atoms with Crippen molar-refractivity contribution in [3.05, 3.63) is 85.1 Å². The predicted molar refractivity (Wildman–Crippen MR) is 241 cm³/mol. The molecule has 0 radical (unpaired) electrons. The summed E-state index contributed by atoms with van der Waals surface area (Å²) < 4.78 is 33.4. The van der Waals surface area contributed by atoms with Crippen molar-refractivity contribution in [2.24, 2.45) is 0 Å². The molecular weight excluding hydrogens is 819 g/mol. The molecule has 1 aliphatic rings. The Morgan fingerprint density at radius 2 is 1.13 bits per heavy atom. The second kappa shape index (κ2) is 36.3. The van der Waals surface area contributed by atoms with E-state index >= 15 is 0 Å². The lowest BCUT2D eigenvalue weighted by molar-refractivity contribution is -0.220. The number of hydrogen-bond donors (Lipinski definition) is 7. The molecule has 0 aromatic carbocycles. The van der Waals surface area contributed by atoms with Gasteiger partial charge in [-0.15, -0.1) is 0 Å². The Morgan fingerprint density at radius 3 is 1.77 bits per heavy atom. The molecule has 9 atom stereocenters. The maximum absolute atomic E-state index is 12.8. The lowest BCUT2D eigenvalue weighted by Gasteiger charge is -2.41. The quantitative estimate of drug-likeness (QED) is 0.0108. The zero-order chi connectivity index (χ0) is 45.9. The van der Waals surface area contributed by atoms with Crippen molar-refractivity contribution in [1.29, 1.82) is 0 Å². The highest BCUT2D eigenvalue weighted by atomic mass is 31.2. The molecule has 1 fully saturated rings. The van der Waals surface area contributed by atoms with Crippen molar-refractivity contribution in [3.63, 3.8) is 0 Å². The smallest absolute Gasteiger partial charge is 0.462 e. The van der Waals surface area contributed by atoms with Crippen LogP contribution in [-0.4, -0.2) is 110 Å². The van der Waals surface area contributed by atoms with Crippen molar-refractivity contribution in [2.75, 3.05) is 13.2 Å². The Hall–Kier alpha value is -3.01. The van der Waals surface area contributed by atoms with Crippen LogP contribution in [0.2, 0.25) is 0 Å². The van der Waals surface area contributed by atoms with E-state index in [0.29, 0.717) is 32.1 Å². The molecule has 1 aliphatic carbocycles. The van der Waals surface area contributed by atoms with Gasteiger partial charge in [-0.1, -0.05) is 131 Å². The fourth-order valence-corrected chi connectivity index (χ4v) is 7.11. The lowest BCUT2D eigenvalue weighted by Crippen LogP contribution is -2.64. The molecule has 14 nitrogen and oxygen atoms in total. The van der Waals surface area contributed by atoms with Crippen LogP contribution in [0.3, 0.4) is 0 Å². The second-order valence-electron chi connectivity index (χ2n) is 15.4. The van der Waals surface area contributed by atoms with Gasteiger partial charge in [0, 0.05) is 12.8 Å². The van der Waals surface area contributed by atoms with Crippen LogP contribution in [0, 0.1) is 0 Å². The Labute approximate surface area is 370 Å². The highest BCUT2D eigenvalue weighted by Gasteiger charge is 2.51. The van der Waals surface area contributed by atoms with Crippen molar-refractivity contribution in [2.45, 2.75) is 185 Å². The SMILES string of the molecule is CC/C=C\C/C=C\CC(O)/C=C/C=C\C/C=C\CCCC(=O)OC[C@H](COP(=O)(O)OC1[C@H](O)[C@H](O)C(O)[C@H](O)[C@H]1O)OC(=O)CCCCCCC/C=C\C/C=C\CCCCC. The molecule has 1 rings (SSSR count). The van der Waals surface area contributed by atoms with E-state index in [1.165, 1.54) is 19.3 Å². The number of rotatable bonds is 35. The molecule has 15 heteroatoms. The fraction of sp³-hybridized carbons (Fsp3) is 0.660. The van der Waals surface area contributed by atoms with Crippen molar-refractivity contribution >= 4 is 19.8 Å². The molecule has 1 saturated carbocycles. The minimum atomic E-state index is -5.15. The summed E-state index contributed by atoms with van der Waals surface area (Å²) in [6.07, 6.45) is 29.5. The third kappa shape index (κ3) is 28.6. The molecule has 0 heterocycles. The Kier molecular flexibility index (Phi) is 33.4. The van der Waals surface area contributed by atoms with E-state index in [1.807, 2.05) is 36.5 Å². The third-order valence-electron chi connectivity index (χ3n) is 9.80. The molecule has 4 unspecified atom stereocenters. The van der Waals surface area contributed by atoms with Crippen molar-refractivity contribution in [3.8, 4) is 0 Å². The number of allylic oxidation sites excluding steroid dienone is 12. The molecule has 354 valence electrons. The first-order chi connectivity index (χ1) is 29.8. The number of ether oxygens (including phenoxy) is 2. The summed E-state index contributed by atoms with van der Waals surface area (Å²) in [6, 6.07) is 0. The first kappa shape index (κ1) is 57.0. The van der Waals surface area contributed by atoms with Gasteiger partial charge >= 0.3 is 19.8 Å². The van der Waals surface area contributed by atoms with E-state index in [1.54, 1.807) is 12.2 Å². The Morgan fingerprint density at radius 1 is 0.597 bits per heavy atom. The summed E-state index contributed by atoms with van der Waals surface area (Å²) >= 11 is 0. The van der Waals surface area contributed by atoms with Crippen LogP contribution < -0.4 is 0 Å². The molecule has 0 spiro atoms. The molecule has 0 saturated heterocycles. The number of unbranched alkanes of at least 4 members (excludes halogenated alkanes) is 9. The minimum Gasteiger partial charge on any atom is -0.462 e. The van der Waals surface area contributed by atoms with Gasteiger partial charge in [-0.05, 0) is 77.0 Å². The van der Waals surface area contributed by atoms with Crippen molar-refractivity contribution < 1.29 is 68.2 Å². The minimum absolute atomic E-state index is 0.0488. The van der Waals surface area contributed by atoms with Gasteiger partial charge in [0.2, 0.25) is 0 Å². The summed E-state index contributed by atoms with van der Waals surface area (Å²) in [5.74, 6) is -1.23. The van der Waals surface area contributed by atoms with Crippen LogP contribution >= 0.6 is 7.82 Å². The summed E-state index contributed by atoms with van der Waals surface area (Å²) in [6.45, 7) is 3.00. The Balaban J connectivity index is 2.56. The average molecular weight is 897 g/mol. The van der Waals surface area contributed by atoms with Gasteiger partial charge in [0.15, 0.2) is 6.10 Å². The number of carbonyl (C=O) groups is 2. The molecule has 7 N–H and O–H groups in total. The number of aliphatic hydroxyl groups is 6. The first-order valence-corrected chi connectivity index (χ1v) is 24.0. The van der Waals surface area contributed by atoms with E-state index in [9.17, 15) is 49.7 Å². The molecule has 0 amide bonds. The number of aliphatic hydroxyl groups excluding tert-OH is 6. The van der Waals surface area contributed by atoms with Crippen LogP contribution in [0.5, 0.6) is 0 Å². The highest BCUT2D eigenvalue weighted by Crippen LogP contribution is 2.47. The summed E-state index contributed by atoms with van der Waals surface area (Å²) in [7, 11) is -5.15. The van der Waals surface area contributed by atoms with Crippen LogP contribution in [0.1, 0.15) is 136 Å². The second-order valence-corrected chi connectivity index (χ2v) is 16.8. The standard InChI is InChI=1S/C47H77O14P/c1-3-5-7-9-11-12-13-14-15-16-17-18-23-27-31-35-41(50)60-39(37-59-62(56,57)61-47-45(54)43(52)42(51)44(53)46(47)55)36-58-40(49)34-30-26-22-20-19-21-25-29-33-38(48)32-28-24-10-8-6-4-2/h6,8,11-12,14-15,20-22,24-25,28-29,33,38-39,42-48,51-55H,3-5,7,9-10,13,16-19,23,26-27,30-32,34-37H2,1-2H3,(H,56,57)/b8-6-,12-11-,15-14-,22-20-,25-21-,28-24-,33-29+/t38?,39-,42?,43-,44+,45-,46-,47?/m1/s1. The molecule has 0 aromatic heterocycles. The number of esters is 2. The van der Waals surface area contributed by atoms with Gasteiger partial charge in [0.25, 0.3) is 0 Å². The summed E-state index contributed by atoms with van der Waals surface area (Å²) in [5.41, 5.74) is 0. The number of phosphoric acid groups is 1. The van der Waals surface area contributed by atoms with E-state index in [4.69, 9.17) is 18.5 Å².